The predicted octanol–water partition coefficient (Wildman–Crippen LogP) is 3.81. The molecule has 2 heteroatoms. The van der Waals surface area contributed by atoms with Gasteiger partial charge in [0.2, 0.25) is 0 Å². The smallest absolute Gasteiger partial charge is 0.0787 e. The van der Waals surface area contributed by atoms with Crippen molar-refractivity contribution in [2.24, 2.45) is 0 Å². The van der Waals surface area contributed by atoms with E-state index in [0.29, 0.717) is 0 Å². The Morgan fingerprint density at radius 3 is 2.25 bits per heavy atom. The summed E-state index contributed by atoms with van der Waals surface area (Å²) >= 11 is 0. The summed E-state index contributed by atoms with van der Waals surface area (Å²) in [4.78, 5) is 2.25. The third kappa shape index (κ3) is 3.84. The van der Waals surface area contributed by atoms with Crippen molar-refractivity contribution >= 4 is 5.69 Å². The molecule has 20 heavy (non-hydrogen) atoms. The van der Waals surface area contributed by atoms with Crippen LogP contribution in [-0.4, -0.2) is 18.7 Å². The van der Waals surface area contributed by atoms with Crippen molar-refractivity contribution in [1.82, 2.24) is 0 Å². The predicted molar refractivity (Wildman–Crippen MR) is 85.1 cm³/mol. The second kappa shape index (κ2) is 7.11. The molecule has 2 aromatic rings. The SMILES string of the molecule is CC[C@H](O)c1ccc(N(C)CCc2ccccc2)cc1. The zero-order valence-corrected chi connectivity index (χ0v) is 12.3. The summed E-state index contributed by atoms with van der Waals surface area (Å²) in [5.74, 6) is 0. The Labute approximate surface area is 121 Å². The topological polar surface area (TPSA) is 23.5 Å². The lowest BCUT2D eigenvalue weighted by atomic mass is 10.1. The van der Waals surface area contributed by atoms with Gasteiger partial charge in [-0.1, -0.05) is 49.4 Å². The normalized spacial score (nSPS) is 12.2. The van der Waals surface area contributed by atoms with Crippen molar-refractivity contribution in [2.45, 2.75) is 25.9 Å². The number of anilines is 1. The highest BCUT2D eigenvalue weighted by molar-refractivity contribution is 5.47. The Balaban J connectivity index is 1.94. The first-order valence-electron chi connectivity index (χ1n) is 7.23. The maximum absolute atomic E-state index is 9.80. The van der Waals surface area contributed by atoms with E-state index in [1.165, 1.54) is 11.3 Å². The van der Waals surface area contributed by atoms with Gasteiger partial charge in [-0.3, -0.25) is 0 Å². The molecule has 2 nitrogen and oxygen atoms in total. The van der Waals surface area contributed by atoms with Crippen LogP contribution in [0.4, 0.5) is 5.69 Å². The van der Waals surface area contributed by atoms with Gasteiger partial charge in [-0.05, 0) is 36.1 Å². The molecule has 0 aromatic heterocycles. The van der Waals surface area contributed by atoms with Gasteiger partial charge in [0.15, 0.2) is 0 Å². The summed E-state index contributed by atoms with van der Waals surface area (Å²) in [5, 5.41) is 9.80. The molecule has 0 radical (unpaired) electrons. The minimum atomic E-state index is -0.348. The van der Waals surface area contributed by atoms with Crippen molar-refractivity contribution in [2.75, 3.05) is 18.5 Å². The van der Waals surface area contributed by atoms with Crippen LogP contribution in [0.5, 0.6) is 0 Å². The molecule has 2 aromatic carbocycles. The molecule has 0 saturated carbocycles. The third-order valence-corrected chi connectivity index (χ3v) is 3.68. The first-order valence-corrected chi connectivity index (χ1v) is 7.23. The Bertz CT molecular complexity index is 507. The molecular formula is C18H23NO. The fourth-order valence-electron chi connectivity index (χ4n) is 2.26. The molecule has 0 aliphatic heterocycles. The molecule has 0 amide bonds. The van der Waals surface area contributed by atoms with E-state index in [1.807, 2.05) is 25.1 Å². The number of rotatable bonds is 6. The molecule has 0 fully saturated rings. The highest BCUT2D eigenvalue weighted by Gasteiger charge is 2.06. The zero-order valence-electron chi connectivity index (χ0n) is 12.3. The zero-order chi connectivity index (χ0) is 14.4. The van der Waals surface area contributed by atoms with Gasteiger partial charge in [0.1, 0.15) is 0 Å². The van der Waals surface area contributed by atoms with Crippen LogP contribution in [0.2, 0.25) is 0 Å². The Kier molecular flexibility index (Phi) is 5.19. The minimum absolute atomic E-state index is 0.348. The molecule has 0 spiro atoms. The summed E-state index contributed by atoms with van der Waals surface area (Å²) < 4.78 is 0. The van der Waals surface area contributed by atoms with Gasteiger partial charge in [0.25, 0.3) is 0 Å². The number of hydrogen-bond acceptors (Lipinski definition) is 2. The van der Waals surface area contributed by atoms with Crippen LogP contribution in [0.25, 0.3) is 0 Å². The van der Waals surface area contributed by atoms with Crippen LogP contribution in [0.1, 0.15) is 30.6 Å². The van der Waals surface area contributed by atoms with Crippen LogP contribution in [0.3, 0.4) is 0 Å². The van der Waals surface area contributed by atoms with Gasteiger partial charge in [-0.25, -0.2) is 0 Å². The van der Waals surface area contributed by atoms with E-state index in [2.05, 4.69) is 48.3 Å². The van der Waals surface area contributed by atoms with Crippen molar-refractivity contribution in [3.8, 4) is 0 Å². The van der Waals surface area contributed by atoms with E-state index in [9.17, 15) is 5.11 Å². The Morgan fingerprint density at radius 1 is 1.00 bits per heavy atom. The van der Waals surface area contributed by atoms with Gasteiger partial charge in [0.05, 0.1) is 6.10 Å². The van der Waals surface area contributed by atoms with Gasteiger partial charge in [-0.15, -0.1) is 0 Å². The number of benzene rings is 2. The highest BCUT2D eigenvalue weighted by atomic mass is 16.3. The maximum Gasteiger partial charge on any atom is 0.0787 e. The van der Waals surface area contributed by atoms with E-state index < -0.39 is 0 Å². The molecule has 0 aliphatic carbocycles. The summed E-state index contributed by atoms with van der Waals surface area (Å²) in [7, 11) is 2.11. The lowest BCUT2D eigenvalue weighted by Crippen LogP contribution is -2.20. The maximum atomic E-state index is 9.80. The van der Waals surface area contributed by atoms with Gasteiger partial charge in [-0.2, -0.15) is 0 Å². The van der Waals surface area contributed by atoms with Gasteiger partial charge in [0, 0.05) is 19.3 Å². The number of hydrogen-bond donors (Lipinski definition) is 1. The molecule has 0 aliphatic rings. The number of aliphatic hydroxyl groups is 1. The molecule has 1 atom stereocenters. The summed E-state index contributed by atoms with van der Waals surface area (Å²) in [6.45, 7) is 2.98. The molecule has 0 bridgehead atoms. The summed E-state index contributed by atoms with van der Waals surface area (Å²) in [6, 6.07) is 18.7. The quantitative estimate of drug-likeness (QED) is 0.862. The molecular weight excluding hydrogens is 246 g/mol. The van der Waals surface area contributed by atoms with Gasteiger partial charge >= 0.3 is 0 Å². The standard InChI is InChI=1S/C18H23NO/c1-3-18(20)16-9-11-17(12-10-16)19(2)14-13-15-7-5-4-6-8-15/h4-12,18,20H,3,13-14H2,1-2H3/t18-/m0/s1. The van der Waals surface area contributed by atoms with E-state index in [4.69, 9.17) is 0 Å². The van der Waals surface area contributed by atoms with E-state index in [-0.39, 0.29) is 6.10 Å². The highest BCUT2D eigenvalue weighted by Crippen LogP contribution is 2.20. The number of aliphatic hydroxyl groups excluding tert-OH is 1. The van der Waals surface area contributed by atoms with E-state index in [0.717, 1.165) is 24.9 Å². The number of likely N-dealkylation sites (N-methyl/N-ethyl adjacent to an activating group) is 1. The molecule has 0 unspecified atom stereocenters. The molecule has 1 N–H and O–H groups in total. The average molecular weight is 269 g/mol. The first kappa shape index (κ1) is 14.6. The van der Waals surface area contributed by atoms with Crippen LogP contribution in [-0.2, 0) is 6.42 Å². The molecule has 0 heterocycles. The third-order valence-electron chi connectivity index (χ3n) is 3.68. The van der Waals surface area contributed by atoms with Gasteiger partial charge < -0.3 is 10.0 Å². The van der Waals surface area contributed by atoms with Crippen molar-refractivity contribution in [3.05, 3.63) is 65.7 Å². The average Bonchev–Trinajstić information content (AvgIpc) is 2.53. The van der Waals surface area contributed by atoms with E-state index in [1.54, 1.807) is 0 Å². The number of nitrogens with zero attached hydrogens (tertiary/aromatic N) is 1. The molecule has 106 valence electrons. The fraction of sp³-hybridized carbons (Fsp3) is 0.333. The Morgan fingerprint density at radius 2 is 1.65 bits per heavy atom. The van der Waals surface area contributed by atoms with Crippen LogP contribution in [0.15, 0.2) is 54.6 Å². The minimum Gasteiger partial charge on any atom is -0.388 e. The van der Waals surface area contributed by atoms with Crippen molar-refractivity contribution in [1.29, 1.82) is 0 Å². The second-order valence-electron chi connectivity index (χ2n) is 5.17. The summed E-state index contributed by atoms with van der Waals surface area (Å²) in [5.41, 5.74) is 3.54. The molecule has 2 rings (SSSR count). The van der Waals surface area contributed by atoms with Crippen LogP contribution in [0, 0.1) is 0 Å². The monoisotopic (exact) mass is 269 g/mol. The Hall–Kier alpha value is -1.80. The molecule has 0 saturated heterocycles. The van der Waals surface area contributed by atoms with E-state index >= 15 is 0 Å². The second-order valence-corrected chi connectivity index (χ2v) is 5.17. The van der Waals surface area contributed by atoms with Crippen molar-refractivity contribution in [3.63, 3.8) is 0 Å². The lowest BCUT2D eigenvalue weighted by Gasteiger charge is -2.20. The van der Waals surface area contributed by atoms with Crippen LogP contribution < -0.4 is 4.90 Å². The fourth-order valence-corrected chi connectivity index (χ4v) is 2.26. The first-order chi connectivity index (χ1) is 9.70. The largest absolute Gasteiger partial charge is 0.388 e. The van der Waals surface area contributed by atoms with Crippen LogP contribution >= 0.6 is 0 Å². The van der Waals surface area contributed by atoms with Crippen molar-refractivity contribution < 1.29 is 5.11 Å². The summed E-state index contributed by atoms with van der Waals surface area (Å²) in [6.07, 6.45) is 1.44. The lowest BCUT2D eigenvalue weighted by molar-refractivity contribution is 0.173.